The Balaban J connectivity index is 1.79. The fourth-order valence-corrected chi connectivity index (χ4v) is 1.93. The third-order valence-corrected chi connectivity index (χ3v) is 2.86. The van der Waals surface area contributed by atoms with Crippen LogP contribution in [-0.2, 0) is 16.0 Å². The van der Waals surface area contributed by atoms with Crippen LogP contribution in [0.1, 0.15) is 5.56 Å². The van der Waals surface area contributed by atoms with Crippen molar-refractivity contribution in [2.45, 2.75) is 12.6 Å². The van der Waals surface area contributed by atoms with Gasteiger partial charge in [0.25, 0.3) is 0 Å². The van der Waals surface area contributed by atoms with Gasteiger partial charge in [0.15, 0.2) is 0 Å². The normalized spacial score (nSPS) is 18.8. The fraction of sp³-hybridized carbons (Fsp3) is 0.467. The van der Waals surface area contributed by atoms with E-state index in [1.807, 2.05) is 24.3 Å². The lowest BCUT2D eigenvalue weighted by atomic mass is 10.2. The van der Waals surface area contributed by atoms with E-state index in [4.69, 9.17) is 20.6 Å². The molecule has 0 aromatic heterocycles. The molecule has 4 nitrogen and oxygen atoms in total. The molecule has 1 aromatic rings. The molecule has 0 spiro atoms. The molecule has 1 N–H and O–H groups in total. The van der Waals surface area contributed by atoms with Gasteiger partial charge in [-0.1, -0.05) is 24.1 Å². The summed E-state index contributed by atoms with van der Waals surface area (Å²) in [7, 11) is 0. The molecule has 1 fully saturated rings. The molecule has 1 atom stereocenters. The predicted octanol–water partition coefficient (Wildman–Crippen LogP) is 1.20. The maximum Gasteiger partial charge on any atom is 0.148 e. The van der Waals surface area contributed by atoms with Crippen LogP contribution in [-0.4, -0.2) is 39.1 Å². The quantitative estimate of drug-likeness (QED) is 0.781. The first-order valence-corrected chi connectivity index (χ1v) is 6.44. The second-order valence-corrected chi connectivity index (χ2v) is 4.30. The van der Waals surface area contributed by atoms with Crippen molar-refractivity contribution >= 4 is 0 Å². The minimum Gasteiger partial charge on any atom is -0.481 e. The smallest absolute Gasteiger partial charge is 0.148 e. The van der Waals surface area contributed by atoms with E-state index in [0.29, 0.717) is 19.8 Å². The van der Waals surface area contributed by atoms with E-state index < -0.39 is 0 Å². The zero-order valence-corrected chi connectivity index (χ0v) is 10.9. The molecule has 0 bridgehead atoms. The molecule has 1 aromatic carbocycles. The number of benzene rings is 1. The minimum absolute atomic E-state index is 0.132. The number of ether oxygens (including phenoxy) is 3. The Kier molecular flexibility index (Phi) is 5.70. The average molecular weight is 261 g/mol. The van der Waals surface area contributed by atoms with Gasteiger partial charge >= 0.3 is 0 Å². The highest BCUT2D eigenvalue weighted by Crippen LogP contribution is 2.17. The number of hydrogen-bond acceptors (Lipinski definition) is 4. The molecule has 102 valence electrons. The molecule has 0 radical (unpaired) electrons. The molecule has 19 heavy (non-hydrogen) atoms. The van der Waals surface area contributed by atoms with Gasteiger partial charge in [-0.2, -0.15) is 0 Å². The van der Waals surface area contributed by atoms with Crippen LogP contribution in [0.2, 0.25) is 0 Å². The van der Waals surface area contributed by atoms with Gasteiger partial charge in [-0.3, -0.25) is 0 Å². The first-order valence-electron chi connectivity index (χ1n) is 6.44. The van der Waals surface area contributed by atoms with Gasteiger partial charge in [0.05, 0.1) is 25.9 Å². The maximum atomic E-state index is 5.57. The second kappa shape index (κ2) is 7.80. The van der Waals surface area contributed by atoms with Gasteiger partial charge in [-0.05, 0) is 6.07 Å². The molecule has 1 saturated heterocycles. The summed E-state index contributed by atoms with van der Waals surface area (Å²) in [5.41, 5.74) is 1.09. The Hall–Kier alpha value is -1.54. The van der Waals surface area contributed by atoms with Crippen LogP contribution in [0.15, 0.2) is 24.3 Å². The van der Waals surface area contributed by atoms with Crippen LogP contribution in [0, 0.1) is 12.3 Å². The maximum absolute atomic E-state index is 5.57. The Morgan fingerprint density at radius 2 is 2.26 bits per heavy atom. The molecule has 1 aliphatic heterocycles. The number of rotatable bonds is 6. The summed E-state index contributed by atoms with van der Waals surface area (Å²) in [5, 5.41) is 3.35. The summed E-state index contributed by atoms with van der Waals surface area (Å²) in [4.78, 5) is 0. The van der Waals surface area contributed by atoms with Crippen molar-refractivity contribution in [1.82, 2.24) is 5.32 Å². The molecule has 1 aliphatic rings. The van der Waals surface area contributed by atoms with Crippen LogP contribution < -0.4 is 10.1 Å². The van der Waals surface area contributed by atoms with Crippen molar-refractivity contribution in [3.8, 4) is 18.1 Å². The van der Waals surface area contributed by atoms with Crippen LogP contribution >= 0.6 is 0 Å². The van der Waals surface area contributed by atoms with Gasteiger partial charge in [0.2, 0.25) is 0 Å². The second-order valence-electron chi connectivity index (χ2n) is 4.30. The van der Waals surface area contributed by atoms with E-state index in [1.54, 1.807) is 0 Å². The number of para-hydroxylation sites is 1. The van der Waals surface area contributed by atoms with Gasteiger partial charge in [0.1, 0.15) is 12.4 Å². The first-order chi connectivity index (χ1) is 9.40. The number of terminal acetylenes is 1. The van der Waals surface area contributed by atoms with Gasteiger partial charge in [-0.25, -0.2) is 0 Å². The summed E-state index contributed by atoms with van der Waals surface area (Å²) in [6.07, 6.45) is 5.34. The predicted molar refractivity (Wildman–Crippen MR) is 73.0 cm³/mol. The fourth-order valence-electron chi connectivity index (χ4n) is 1.93. The minimum atomic E-state index is 0.132. The van der Waals surface area contributed by atoms with Crippen LogP contribution in [0.5, 0.6) is 5.75 Å². The van der Waals surface area contributed by atoms with Crippen molar-refractivity contribution in [3.63, 3.8) is 0 Å². The highest BCUT2D eigenvalue weighted by molar-refractivity contribution is 5.33. The lowest BCUT2D eigenvalue weighted by Gasteiger charge is -2.23. The first kappa shape index (κ1) is 13.9. The lowest BCUT2D eigenvalue weighted by Crippen LogP contribution is -2.37. The molecule has 1 heterocycles. The van der Waals surface area contributed by atoms with E-state index >= 15 is 0 Å². The number of hydrogen-bond donors (Lipinski definition) is 1. The zero-order chi connectivity index (χ0) is 13.3. The summed E-state index contributed by atoms with van der Waals surface area (Å²) in [5.74, 6) is 3.30. The van der Waals surface area contributed by atoms with Gasteiger partial charge < -0.3 is 19.5 Å². The van der Waals surface area contributed by atoms with Crippen molar-refractivity contribution < 1.29 is 14.2 Å². The molecular formula is C15H19NO3. The van der Waals surface area contributed by atoms with Gasteiger partial charge in [0, 0.05) is 18.7 Å². The molecule has 0 amide bonds. The van der Waals surface area contributed by atoms with Crippen molar-refractivity contribution in [2.75, 3.05) is 33.0 Å². The van der Waals surface area contributed by atoms with E-state index in [9.17, 15) is 0 Å². The van der Waals surface area contributed by atoms with E-state index in [1.165, 1.54) is 0 Å². The lowest BCUT2D eigenvalue weighted by molar-refractivity contribution is -0.0864. The van der Waals surface area contributed by atoms with Gasteiger partial charge in [-0.15, -0.1) is 6.42 Å². The highest BCUT2D eigenvalue weighted by Gasteiger charge is 2.13. The Morgan fingerprint density at radius 3 is 3.05 bits per heavy atom. The van der Waals surface area contributed by atoms with Crippen molar-refractivity contribution in [3.05, 3.63) is 29.8 Å². The molecule has 2 rings (SSSR count). The topological polar surface area (TPSA) is 39.7 Å². The molecule has 0 aliphatic carbocycles. The Labute approximate surface area is 114 Å². The van der Waals surface area contributed by atoms with Crippen molar-refractivity contribution in [2.24, 2.45) is 0 Å². The summed E-state index contributed by atoms with van der Waals surface area (Å²) < 4.78 is 16.4. The Morgan fingerprint density at radius 1 is 1.37 bits per heavy atom. The third-order valence-electron chi connectivity index (χ3n) is 2.86. The largest absolute Gasteiger partial charge is 0.481 e. The SMILES string of the molecule is C#CCOc1ccccc1CNCC1COCCO1. The summed E-state index contributed by atoms with van der Waals surface area (Å²) >= 11 is 0. The Bertz CT molecular complexity index is 422. The van der Waals surface area contributed by atoms with Crippen LogP contribution in [0.25, 0.3) is 0 Å². The van der Waals surface area contributed by atoms with Crippen molar-refractivity contribution in [1.29, 1.82) is 0 Å². The molecule has 1 unspecified atom stereocenters. The number of nitrogens with one attached hydrogen (secondary N) is 1. The summed E-state index contributed by atoms with van der Waals surface area (Å²) in [6.45, 7) is 3.80. The van der Waals surface area contributed by atoms with Crippen LogP contribution in [0.3, 0.4) is 0 Å². The van der Waals surface area contributed by atoms with E-state index in [2.05, 4.69) is 11.2 Å². The van der Waals surface area contributed by atoms with E-state index in [0.717, 1.165) is 24.4 Å². The monoisotopic (exact) mass is 261 g/mol. The third kappa shape index (κ3) is 4.56. The zero-order valence-electron chi connectivity index (χ0n) is 10.9. The highest BCUT2D eigenvalue weighted by atomic mass is 16.6. The van der Waals surface area contributed by atoms with Crippen LogP contribution in [0.4, 0.5) is 0 Å². The average Bonchev–Trinajstić information content (AvgIpc) is 2.47. The molecular weight excluding hydrogens is 242 g/mol. The summed E-state index contributed by atoms with van der Waals surface area (Å²) in [6, 6.07) is 7.87. The molecule has 4 heteroatoms. The molecule has 0 saturated carbocycles. The van der Waals surface area contributed by atoms with E-state index in [-0.39, 0.29) is 12.7 Å². The standard InChI is InChI=1S/C15H19NO3/c1-2-7-19-15-6-4-3-5-13(15)10-16-11-14-12-17-8-9-18-14/h1,3-6,14,16H,7-12H2.